The Balaban J connectivity index is 2.06. The fourth-order valence-corrected chi connectivity index (χ4v) is 3.63. The Morgan fingerprint density at radius 3 is 2.55 bits per heavy atom. The van der Waals surface area contributed by atoms with Crippen molar-refractivity contribution in [1.82, 2.24) is 4.98 Å². The molecule has 0 aliphatic rings. The fourth-order valence-electron chi connectivity index (χ4n) is 2.63. The second kappa shape index (κ2) is 6.36. The molecule has 0 fully saturated rings. The number of ether oxygens (including phenoxy) is 1. The highest BCUT2D eigenvalue weighted by atomic mass is 32.1. The third kappa shape index (κ3) is 2.66. The maximum absolute atomic E-state index is 5.62. The van der Waals surface area contributed by atoms with Gasteiger partial charge in [-0.3, -0.25) is 0 Å². The zero-order valence-electron chi connectivity index (χ0n) is 13.2. The van der Waals surface area contributed by atoms with Gasteiger partial charge in [0, 0.05) is 24.8 Å². The maximum atomic E-state index is 5.62. The van der Waals surface area contributed by atoms with Gasteiger partial charge in [0.25, 0.3) is 0 Å². The predicted molar refractivity (Wildman–Crippen MR) is 95.2 cm³/mol. The highest BCUT2D eigenvalue weighted by Crippen LogP contribution is 2.37. The molecule has 0 aliphatic carbocycles. The van der Waals surface area contributed by atoms with Crippen LogP contribution in [0.3, 0.4) is 0 Å². The summed E-state index contributed by atoms with van der Waals surface area (Å²) in [5.41, 5.74) is 3.28. The molecule has 0 bridgehead atoms. The van der Waals surface area contributed by atoms with Gasteiger partial charge in [0.2, 0.25) is 0 Å². The summed E-state index contributed by atoms with van der Waals surface area (Å²) in [5.74, 6) is 0.878. The van der Waals surface area contributed by atoms with Crippen molar-refractivity contribution in [3.63, 3.8) is 0 Å². The van der Waals surface area contributed by atoms with Gasteiger partial charge in [-0.2, -0.15) is 0 Å². The Bertz CT molecular complexity index is 745. The molecule has 3 rings (SSSR count). The Kier molecular flexibility index (Phi) is 4.29. The minimum absolute atomic E-state index is 0.878. The molecule has 3 aromatic rings. The van der Waals surface area contributed by atoms with Crippen LogP contribution in [0.1, 0.15) is 13.8 Å². The summed E-state index contributed by atoms with van der Waals surface area (Å²) in [4.78, 5) is 7.04. The summed E-state index contributed by atoms with van der Waals surface area (Å²) in [5, 5.41) is 1.00. The minimum Gasteiger partial charge on any atom is -0.496 e. The van der Waals surface area contributed by atoms with E-state index in [4.69, 9.17) is 9.72 Å². The number of benzene rings is 2. The Morgan fingerprint density at radius 1 is 1.09 bits per heavy atom. The number of hydrogen-bond acceptors (Lipinski definition) is 4. The molecule has 0 aliphatic heterocycles. The molecule has 0 amide bonds. The van der Waals surface area contributed by atoms with Gasteiger partial charge in [0.05, 0.1) is 22.9 Å². The smallest absolute Gasteiger partial charge is 0.131 e. The second-order valence-electron chi connectivity index (χ2n) is 5.04. The van der Waals surface area contributed by atoms with Crippen LogP contribution in [0.2, 0.25) is 0 Å². The molecule has 0 unspecified atom stereocenters. The monoisotopic (exact) mass is 312 g/mol. The quantitative estimate of drug-likeness (QED) is 0.675. The Labute approximate surface area is 135 Å². The number of aromatic nitrogens is 1. The van der Waals surface area contributed by atoms with Gasteiger partial charge in [0.15, 0.2) is 0 Å². The van der Waals surface area contributed by atoms with Crippen molar-refractivity contribution >= 4 is 27.2 Å². The van der Waals surface area contributed by atoms with Gasteiger partial charge in [0.1, 0.15) is 10.8 Å². The molecule has 0 spiro atoms. The number of rotatable bonds is 5. The van der Waals surface area contributed by atoms with Crippen LogP contribution >= 0.6 is 11.3 Å². The molecule has 4 heteroatoms. The van der Waals surface area contributed by atoms with Crippen LogP contribution in [-0.4, -0.2) is 25.2 Å². The molecule has 0 N–H and O–H groups in total. The average Bonchev–Trinajstić information content (AvgIpc) is 2.99. The van der Waals surface area contributed by atoms with E-state index < -0.39 is 0 Å². The van der Waals surface area contributed by atoms with Crippen LogP contribution in [0.4, 0.5) is 5.69 Å². The summed E-state index contributed by atoms with van der Waals surface area (Å²) in [6.07, 6.45) is 0. The predicted octanol–water partition coefficient (Wildman–Crippen LogP) is 4.82. The van der Waals surface area contributed by atoms with Crippen LogP contribution in [-0.2, 0) is 0 Å². The summed E-state index contributed by atoms with van der Waals surface area (Å²) < 4.78 is 6.82. The first kappa shape index (κ1) is 14.9. The third-order valence-electron chi connectivity index (χ3n) is 3.84. The normalized spacial score (nSPS) is 10.9. The van der Waals surface area contributed by atoms with E-state index in [2.05, 4.69) is 43.0 Å². The Hall–Kier alpha value is -2.07. The van der Waals surface area contributed by atoms with E-state index in [1.54, 1.807) is 18.4 Å². The van der Waals surface area contributed by atoms with Crippen molar-refractivity contribution in [3.05, 3.63) is 42.5 Å². The van der Waals surface area contributed by atoms with Crippen LogP contribution in [0.5, 0.6) is 5.75 Å². The van der Waals surface area contributed by atoms with E-state index in [0.717, 1.165) is 34.9 Å². The number of nitrogens with zero attached hydrogens (tertiary/aromatic N) is 2. The first-order chi connectivity index (χ1) is 10.8. The zero-order chi connectivity index (χ0) is 15.5. The van der Waals surface area contributed by atoms with E-state index in [1.807, 2.05) is 18.2 Å². The summed E-state index contributed by atoms with van der Waals surface area (Å²) in [7, 11) is 1.72. The molecular weight excluding hydrogens is 292 g/mol. The fraction of sp³-hybridized carbons (Fsp3) is 0.278. The maximum Gasteiger partial charge on any atom is 0.131 e. The lowest BCUT2D eigenvalue weighted by molar-refractivity contribution is 0.416. The second-order valence-corrected chi connectivity index (χ2v) is 6.07. The lowest BCUT2D eigenvalue weighted by atomic mass is 10.1. The van der Waals surface area contributed by atoms with Crippen LogP contribution < -0.4 is 9.64 Å². The standard InChI is InChI=1S/C18H20N2OS/c1-4-20(5-2)13-10-11-14(16(12-13)21-3)18-19-15-8-6-7-9-17(15)22-18/h6-12H,4-5H2,1-3H3. The lowest BCUT2D eigenvalue weighted by Crippen LogP contribution is -2.21. The summed E-state index contributed by atoms with van der Waals surface area (Å²) in [6, 6.07) is 14.6. The first-order valence-corrected chi connectivity index (χ1v) is 8.37. The molecule has 1 heterocycles. The molecule has 0 saturated carbocycles. The largest absolute Gasteiger partial charge is 0.496 e. The van der Waals surface area contributed by atoms with Crippen LogP contribution in [0.15, 0.2) is 42.5 Å². The zero-order valence-corrected chi connectivity index (χ0v) is 14.0. The molecule has 2 aromatic carbocycles. The van der Waals surface area contributed by atoms with Crippen molar-refractivity contribution in [1.29, 1.82) is 0 Å². The SMILES string of the molecule is CCN(CC)c1ccc(-c2nc3ccccc3s2)c(OC)c1. The van der Waals surface area contributed by atoms with Crippen molar-refractivity contribution in [2.45, 2.75) is 13.8 Å². The average molecular weight is 312 g/mol. The van der Waals surface area contributed by atoms with Gasteiger partial charge in [-0.05, 0) is 38.1 Å². The number of thiazole rings is 1. The van der Waals surface area contributed by atoms with E-state index in [0.29, 0.717) is 0 Å². The molecule has 114 valence electrons. The Morgan fingerprint density at radius 2 is 1.86 bits per heavy atom. The van der Waals surface area contributed by atoms with Crippen molar-refractivity contribution in [2.24, 2.45) is 0 Å². The van der Waals surface area contributed by atoms with Crippen LogP contribution in [0.25, 0.3) is 20.8 Å². The molecule has 0 radical (unpaired) electrons. The number of para-hydroxylation sites is 1. The number of methoxy groups -OCH3 is 1. The summed E-state index contributed by atoms with van der Waals surface area (Å²) >= 11 is 1.70. The highest BCUT2D eigenvalue weighted by Gasteiger charge is 2.13. The van der Waals surface area contributed by atoms with Gasteiger partial charge < -0.3 is 9.64 Å². The minimum atomic E-state index is 0.878. The van der Waals surface area contributed by atoms with E-state index in [-0.39, 0.29) is 0 Å². The number of fused-ring (bicyclic) bond motifs is 1. The molecule has 0 atom stereocenters. The van der Waals surface area contributed by atoms with Crippen molar-refractivity contribution in [3.8, 4) is 16.3 Å². The third-order valence-corrected chi connectivity index (χ3v) is 4.91. The first-order valence-electron chi connectivity index (χ1n) is 7.55. The van der Waals surface area contributed by atoms with Crippen molar-refractivity contribution in [2.75, 3.05) is 25.1 Å². The van der Waals surface area contributed by atoms with Gasteiger partial charge in [-0.25, -0.2) is 4.98 Å². The molecule has 3 nitrogen and oxygen atoms in total. The lowest BCUT2D eigenvalue weighted by Gasteiger charge is -2.22. The number of hydrogen-bond donors (Lipinski definition) is 0. The van der Waals surface area contributed by atoms with E-state index in [1.165, 1.54) is 10.4 Å². The molecular formula is C18H20N2OS. The molecule has 0 saturated heterocycles. The van der Waals surface area contributed by atoms with E-state index >= 15 is 0 Å². The topological polar surface area (TPSA) is 25.4 Å². The molecule has 1 aromatic heterocycles. The highest BCUT2D eigenvalue weighted by molar-refractivity contribution is 7.21. The van der Waals surface area contributed by atoms with Gasteiger partial charge >= 0.3 is 0 Å². The van der Waals surface area contributed by atoms with E-state index in [9.17, 15) is 0 Å². The van der Waals surface area contributed by atoms with Gasteiger partial charge in [-0.15, -0.1) is 11.3 Å². The molecule has 22 heavy (non-hydrogen) atoms. The number of anilines is 1. The summed E-state index contributed by atoms with van der Waals surface area (Å²) in [6.45, 7) is 6.30. The van der Waals surface area contributed by atoms with Gasteiger partial charge in [-0.1, -0.05) is 12.1 Å². The van der Waals surface area contributed by atoms with Crippen LogP contribution in [0, 0.1) is 0 Å². The van der Waals surface area contributed by atoms with Crippen molar-refractivity contribution < 1.29 is 4.74 Å².